The number of nitrogens with one attached hydrogen (secondary N) is 2. The highest BCUT2D eigenvalue weighted by atomic mass is 35.5. The SMILES string of the molecule is N#CCOc1ccc(-c2cnc3c(Nc4ccc(C(=O)N5CCN(CCN6CC(c7nn[nH]n7)C6)CC5)c(Cl)c4)nccn23)c(F)c1F.O=C(O)C(F)(F)F. The number of piperazine rings is 1. The molecule has 0 unspecified atom stereocenters. The molecule has 0 spiro atoms. The van der Waals surface area contributed by atoms with Crippen LogP contribution in [0.25, 0.3) is 16.9 Å². The Bertz CT molecular complexity index is 2200. The lowest BCUT2D eigenvalue weighted by atomic mass is 10.00. The van der Waals surface area contributed by atoms with Gasteiger partial charge in [-0.2, -0.15) is 28.0 Å². The lowest BCUT2D eigenvalue weighted by Gasteiger charge is -2.40. The molecule has 0 saturated carbocycles. The van der Waals surface area contributed by atoms with Crippen molar-refractivity contribution in [2.24, 2.45) is 0 Å². The van der Waals surface area contributed by atoms with Gasteiger partial charge in [-0.3, -0.25) is 14.1 Å². The number of anilines is 2. The molecule has 2 fully saturated rings. The van der Waals surface area contributed by atoms with Crippen molar-refractivity contribution < 1.29 is 41.4 Å². The van der Waals surface area contributed by atoms with Gasteiger partial charge < -0.3 is 25.0 Å². The minimum Gasteiger partial charge on any atom is -0.476 e. The fourth-order valence-corrected chi connectivity index (χ4v) is 6.21. The maximum Gasteiger partial charge on any atom is 0.490 e. The number of carbonyl (C=O) groups is 2. The lowest BCUT2D eigenvalue weighted by Crippen LogP contribution is -2.52. The second-order valence-electron chi connectivity index (χ2n) is 12.3. The summed E-state index contributed by atoms with van der Waals surface area (Å²) >= 11 is 6.61. The average molecular weight is 789 g/mol. The topological polar surface area (TPSA) is 194 Å². The summed E-state index contributed by atoms with van der Waals surface area (Å²) in [6.45, 7) is 6.09. The number of hydrogen-bond donors (Lipinski definition) is 3. The van der Waals surface area contributed by atoms with Crippen molar-refractivity contribution in [1.82, 2.24) is 49.7 Å². The van der Waals surface area contributed by atoms with Crippen LogP contribution in [0.5, 0.6) is 5.75 Å². The fraction of sp³-hybridized carbons (Fsp3) is 0.333. The highest BCUT2D eigenvalue weighted by Crippen LogP contribution is 2.32. The van der Waals surface area contributed by atoms with E-state index in [0.29, 0.717) is 41.7 Å². The van der Waals surface area contributed by atoms with Crippen molar-refractivity contribution in [2.45, 2.75) is 12.1 Å². The summed E-state index contributed by atoms with van der Waals surface area (Å²) in [5.41, 5.74) is 1.56. The van der Waals surface area contributed by atoms with Gasteiger partial charge in [0.2, 0.25) is 5.82 Å². The Balaban J connectivity index is 0.000000672. The zero-order valence-corrected chi connectivity index (χ0v) is 29.2. The van der Waals surface area contributed by atoms with Crippen LogP contribution < -0.4 is 10.1 Å². The zero-order chi connectivity index (χ0) is 39.3. The molecular formula is C33H30ClF5N12O4. The van der Waals surface area contributed by atoms with E-state index in [-0.39, 0.29) is 27.9 Å². The summed E-state index contributed by atoms with van der Waals surface area (Å²) in [5, 5.41) is 33.5. The van der Waals surface area contributed by atoms with Crippen LogP contribution >= 0.6 is 11.6 Å². The lowest BCUT2D eigenvalue weighted by molar-refractivity contribution is -0.192. The third kappa shape index (κ3) is 8.88. The summed E-state index contributed by atoms with van der Waals surface area (Å²) in [5.74, 6) is -4.13. The number of benzene rings is 2. The molecule has 7 rings (SSSR count). The number of halogens is 6. The molecule has 1 amide bonds. The van der Waals surface area contributed by atoms with Crippen LogP contribution in [0.2, 0.25) is 5.02 Å². The number of nitrogens with zero attached hydrogens (tertiary/aromatic N) is 10. The fourth-order valence-electron chi connectivity index (χ4n) is 5.95. The predicted molar refractivity (Wildman–Crippen MR) is 184 cm³/mol. The highest BCUT2D eigenvalue weighted by Gasteiger charge is 2.38. The normalized spacial score (nSPS) is 15.2. The van der Waals surface area contributed by atoms with Crippen molar-refractivity contribution in [3.8, 4) is 23.1 Å². The molecular weight excluding hydrogens is 759 g/mol. The molecule has 3 aromatic heterocycles. The maximum atomic E-state index is 15.0. The van der Waals surface area contributed by atoms with E-state index in [0.717, 1.165) is 45.1 Å². The first-order valence-electron chi connectivity index (χ1n) is 16.5. The molecule has 0 atom stereocenters. The quantitative estimate of drug-likeness (QED) is 0.172. The molecule has 2 aliphatic rings. The highest BCUT2D eigenvalue weighted by molar-refractivity contribution is 6.34. The van der Waals surface area contributed by atoms with E-state index in [1.165, 1.54) is 24.5 Å². The standard InChI is InChI=1S/C31H29ClF2N12O2.C2HF3O2/c32-23-15-20(38-29-30-37-16-24(46(30)7-6-36-29)22-3-4-25(48-14-5-35)27(34)26(22)33)1-2-21(23)31(47)45-12-10-43(11-13-45)8-9-44-17-19(18-44)28-39-41-42-40-28;3-2(4,5)1(6)7/h1-4,6-7,15-16,19H,8-14,17-18H2,(H,36,38)(H,39,40,41,42);(H,6,7). The number of imidazole rings is 1. The Labute approximate surface area is 313 Å². The number of aliphatic carboxylic acids is 1. The Morgan fingerprint density at radius 1 is 1.05 bits per heavy atom. The van der Waals surface area contributed by atoms with Gasteiger partial charge in [0.05, 0.1) is 22.5 Å². The van der Waals surface area contributed by atoms with E-state index >= 15 is 0 Å². The van der Waals surface area contributed by atoms with Gasteiger partial charge in [-0.15, -0.1) is 10.2 Å². The van der Waals surface area contributed by atoms with Gasteiger partial charge in [0.25, 0.3) is 5.91 Å². The van der Waals surface area contributed by atoms with Gasteiger partial charge in [0, 0.05) is 81.9 Å². The molecule has 2 aliphatic heterocycles. The van der Waals surface area contributed by atoms with E-state index < -0.39 is 30.4 Å². The Kier molecular flexibility index (Phi) is 11.7. The third-order valence-corrected chi connectivity index (χ3v) is 9.14. The molecule has 0 aliphatic carbocycles. The van der Waals surface area contributed by atoms with Crippen molar-refractivity contribution >= 4 is 40.6 Å². The van der Waals surface area contributed by atoms with Crippen molar-refractivity contribution in [3.05, 3.63) is 77.0 Å². The number of carboxylic acid groups (broad SMARTS) is 1. The Hall–Kier alpha value is -5.98. The number of likely N-dealkylation sites (tertiary alicyclic amines) is 1. The summed E-state index contributed by atoms with van der Waals surface area (Å²) in [4.78, 5) is 37.6. The number of ether oxygens (including phenoxy) is 1. The number of aromatic amines is 1. The van der Waals surface area contributed by atoms with Gasteiger partial charge in [0.1, 0.15) is 6.07 Å². The predicted octanol–water partition coefficient (Wildman–Crippen LogP) is 3.98. The second kappa shape index (κ2) is 16.6. The first-order chi connectivity index (χ1) is 26.3. The number of carbonyl (C=O) groups excluding carboxylic acids is 1. The average Bonchev–Trinajstić information content (AvgIpc) is 3.83. The van der Waals surface area contributed by atoms with Crippen LogP contribution in [0.3, 0.4) is 0 Å². The Morgan fingerprint density at radius 2 is 1.78 bits per heavy atom. The van der Waals surface area contributed by atoms with Gasteiger partial charge >= 0.3 is 12.1 Å². The number of tetrazole rings is 1. The van der Waals surface area contributed by atoms with E-state index in [2.05, 4.69) is 45.7 Å². The van der Waals surface area contributed by atoms with E-state index in [1.54, 1.807) is 34.9 Å². The summed E-state index contributed by atoms with van der Waals surface area (Å²) in [6, 6.07) is 9.40. The van der Waals surface area contributed by atoms with Crippen LogP contribution in [0.4, 0.5) is 33.5 Å². The molecule has 5 heterocycles. The number of H-pyrrole nitrogens is 1. The smallest absolute Gasteiger partial charge is 0.476 e. The summed E-state index contributed by atoms with van der Waals surface area (Å²) in [7, 11) is 0. The molecule has 2 saturated heterocycles. The van der Waals surface area contributed by atoms with Crippen molar-refractivity contribution in [2.75, 3.05) is 64.3 Å². The number of alkyl halides is 3. The minimum absolute atomic E-state index is 0.0422. The number of nitriles is 1. The minimum atomic E-state index is -5.08. The second-order valence-corrected chi connectivity index (χ2v) is 12.7. The number of hydrogen-bond acceptors (Lipinski definition) is 12. The number of amides is 1. The molecule has 5 aromatic rings. The van der Waals surface area contributed by atoms with Gasteiger partial charge in [-0.1, -0.05) is 16.8 Å². The molecule has 22 heteroatoms. The molecule has 55 heavy (non-hydrogen) atoms. The van der Waals surface area contributed by atoms with Crippen LogP contribution in [-0.4, -0.2) is 132 Å². The van der Waals surface area contributed by atoms with Crippen LogP contribution in [0.1, 0.15) is 22.1 Å². The summed E-state index contributed by atoms with van der Waals surface area (Å²) in [6.07, 6.45) is -0.606. The zero-order valence-electron chi connectivity index (χ0n) is 28.5. The van der Waals surface area contributed by atoms with Crippen molar-refractivity contribution in [3.63, 3.8) is 0 Å². The van der Waals surface area contributed by atoms with Gasteiger partial charge in [-0.05, 0) is 30.3 Å². The van der Waals surface area contributed by atoms with Gasteiger partial charge in [0.15, 0.2) is 35.5 Å². The molecule has 288 valence electrons. The van der Waals surface area contributed by atoms with Crippen LogP contribution in [0, 0.1) is 23.0 Å². The molecule has 0 bridgehead atoms. The molecule has 3 N–H and O–H groups in total. The number of aromatic nitrogens is 7. The molecule has 16 nitrogen and oxygen atoms in total. The molecule has 0 radical (unpaired) electrons. The molecule has 2 aromatic carbocycles. The van der Waals surface area contributed by atoms with Crippen LogP contribution in [0.15, 0.2) is 48.9 Å². The number of fused-ring (bicyclic) bond motifs is 1. The largest absolute Gasteiger partial charge is 0.490 e. The maximum absolute atomic E-state index is 15.0. The van der Waals surface area contributed by atoms with E-state index in [4.69, 9.17) is 31.5 Å². The van der Waals surface area contributed by atoms with Crippen LogP contribution in [-0.2, 0) is 4.79 Å². The van der Waals surface area contributed by atoms with E-state index in [9.17, 15) is 26.7 Å². The monoisotopic (exact) mass is 788 g/mol. The first-order valence-corrected chi connectivity index (χ1v) is 16.9. The number of carboxylic acids is 1. The summed E-state index contributed by atoms with van der Waals surface area (Å²) < 4.78 is 67.9. The van der Waals surface area contributed by atoms with Crippen molar-refractivity contribution in [1.29, 1.82) is 5.26 Å². The first kappa shape index (κ1) is 38.7. The third-order valence-electron chi connectivity index (χ3n) is 8.82. The Morgan fingerprint density at radius 3 is 2.44 bits per heavy atom. The van der Waals surface area contributed by atoms with E-state index in [1.807, 2.05) is 4.90 Å². The number of rotatable bonds is 10. The van der Waals surface area contributed by atoms with Gasteiger partial charge in [-0.25, -0.2) is 19.2 Å².